The summed E-state index contributed by atoms with van der Waals surface area (Å²) in [4.78, 5) is 33.2. The minimum absolute atomic E-state index is 0.0332. The monoisotopic (exact) mass is 434 g/mol. The molecule has 1 aromatic heterocycles. The van der Waals surface area contributed by atoms with Crippen LogP contribution in [0.15, 0.2) is 42.5 Å². The number of carbonyl (C=O) groups excluding carboxylic acids is 2. The molecule has 1 saturated heterocycles. The van der Waals surface area contributed by atoms with Gasteiger partial charge in [-0.3, -0.25) is 9.59 Å². The van der Waals surface area contributed by atoms with Crippen molar-refractivity contribution in [3.05, 3.63) is 82.2 Å². The van der Waals surface area contributed by atoms with E-state index in [0.717, 1.165) is 36.1 Å². The Labute approximate surface area is 183 Å². The fraction of sp³-hybridized carbons (Fsp3) is 0.250. The summed E-state index contributed by atoms with van der Waals surface area (Å²) in [5.41, 5.74) is 2.67. The third-order valence-electron chi connectivity index (χ3n) is 5.93. The molecule has 2 amide bonds. The highest BCUT2D eigenvalue weighted by Crippen LogP contribution is 2.29. The summed E-state index contributed by atoms with van der Waals surface area (Å²) < 4.78 is 28.7. The Kier molecular flexibility index (Phi) is 5.13. The number of carbonyl (C=O) groups is 2. The lowest BCUT2D eigenvalue weighted by Gasteiger charge is -2.22. The van der Waals surface area contributed by atoms with Gasteiger partial charge < -0.3 is 10.6 Å². The van der Waals surface area contributed by atoms with Crippen LogP contribution in [0.1, 0.15) is 51.6 Å². The van der Waals surface area contributed by atoms with Crippen molar-refractivity contribution in [3.8, 4) is 11.4 Å². The van der Waals surface area contributed by atoms with Crippen molar-refractivity contribution in [2.24, 2.45) is 0 Å². The van der Waals surface area contributed by atoms with Crippen molar-refractivity contribution in [1.82, 2.24) is 20.6 Å². The van der Waals surface area contributed by atoms with E-state index in [4.69, 9.17) is 0 Å². The summed E-state index contributed by atoms with van der Waals surface area (Å²) in [5, 5.41) is 5.59. The number of amides is 2. The molecule has 0 bridgehead atoms. The Morgan fingerprint density at radius 1 is 0.938 bits per heavy atom. The molecule has 32 heavy (non-hydrogen) atoms. The first-order valence-electron chi connectivity index (χ1n) is 10.5. The first kappa shape index (κ1) is 20.2. The van der Waals surface area contributed by atoms with Crippen LogP contribution in [0.3, 0.4) is 0 Å². The molecule has 0 radical (unpaired) electrons. The summed E-state index contributed by atoms with van der Waals surface area (Å²) in [6.07, 6.45) is 2.04. The standard InChI is InChI=1S/C24H20F2N4O2/c25-16-4-1-5-17(26)20(16)22-29-18(21-19(30-22)12-28-24(21)32)11-13-6-8-14(9-7-13)15-3-2-10-27-23(15)31/h1,4-9,15H,2-3,10-12H2,(H,27,31)(H,28,32)/t15-/m0/s1. The molecule has 2 N–H and O–H groups in total. The normalized spacial score (nSPS) is 17.6. The molecule has 2 aliphatic heterocycles. The summed E-state index contributed by atoms with van der Waals surface area (Å²) in [5.74, 6) is -2.03. The lowest BCUT2D eigenvalue weighted by Crippen LogP contribution is -2.35. The van der Waals surface area contributed by atoms with Gasteiger partial charge in [-0.2, -0.15) is 0 Å². The van der Waals surface area contributed by atoms with E-state index in [1.54, 1.807) is 0 Å². The highest BCUT2D eigenvalue weighted by molar-refractivity contribution is 5.99. The number of benzene rings is 2. The predicted octanol–water partition coefficient (Wildman–Crippen LogP) is 3.25. The van der Waals surface area contributed by atoms with Gasteiger partial charge in [0.15, 0.2) is 5.82 Å². The molecule has 2 aromatic carbocycles. The van der Waals surface area contributed by atoms with Gasteiger partial charge >= 0.3 is 0 Å². The molecule has 3 aromatic rings. The molecule has 6 nitrogen and oxygen atoms in total. The lowest BCUT2D eigenvalue weighted by molar-refractivity contribution is -0.123. The molecule has 8 heteroatoms. The Hall–Kier alpha value is -3.68. The molecule has 0 aliphatic carbocycles. The van der Waals surface area contributed by atoms with Gasteiger partial charge in [-0.05, 0) is 36.1 Å². The van der Waals surface area contributed by atoms with Crippen LogP contribution in [0, 0.1) is 11.6 Å². The van der Waals surface area contributed by atoms with Crippen molar-refractivity contribution in [3.63, 3.8) is 0 Å². The predicted molar refractivity (Wildman–Crippen MR) is 113 cm³/mol. The number of nitrogens with zero attached hydrogens (tertiary/aromatic N) is 2. The maximum atomic E-state index is 14.3. The van der Waals surface area contributed by atoms with E-state index >= 15 is 0 Å². The number of rotatable bonds is 4. The van der Waals surface area contributed by atoms with Gasteiger partial charge in [0.05, 0.1) is 35.0 Å². The van der Waals surface area contributed by atoms with E-state index in [0.29, 0.717) is 29.9 Å². The van der Waals surface area contributed by atoms with Gasteiger partial charge in [0.25, 0.3) is 5.91 Å². The fourth-order valence-electron chi connectivity index (χ4n) is 4.30. The lowest BCUT2D eigenvalue weighted by atomic mass is 9.90. The Bertz CT molecular complexity index is 1210. The molecule has 2 aliphatic rings. The number of piperidine rings is 1. The van der Waals surface area contributed by atoms with Crippen molar-refractivity contribution in [2.45, 2.75) is 31.7 Å². The molecule has 5 rings (SSSR count). The van der Waals surface area contributed by atoms with Crippen LogP contribution >= 0.6 is 0 Å². The van der Waals surface area contributed by atoms with Gasteiger partial charge in [0.2, 0.25) is 5.91 Å². The quantitative estimate of drug-likeness (QED) is 0.660. The number of fused-ring (bicyclic) bond motifs is 1. The van der Waals surface area contributed by atoms with Crippen molar-refractivity contribution < 1.29 is 18.4 Å². The van der Waals surface area contributed by atoms with Gasteiger partial charge in [-0.15, -0.1) is 0 Å². The van der Waals surface area contributed by atoms with Crippen molar-refractivity contribution in [1.29, 1.82) is 0 Å². The molecule has 3 heterocycles. The van der Waals surface area contributed by atoms with Crippen LogP contribution in [0.25, 0.3) is 11.4 Å². The minimum atomic E-state index is -0.761. The van der Waals surface area contributed by atoms with E-state index < -0.39 is 11.6 Å². The average molecular weight is 434 g/mol. The van der Waals surface area contributed by atoms with E-state index in [2.05, 4.69) is 20.6 Å². The topological polar surface area (TPSA) is 84.0 Å². The maximum Gasteiger partial charge on any atom is 0.255 e. The zero-order chi connectivity index (χ0) is 22.2. The third kappa shape index (κ3) is 3.62. The number of hydrogen-bond acceptors (Lipinski definition) is 4. The van der Waals surface area contributed by atoms with Gasteiger partial charge in [-0.1, -0.05) is 30.3 Å². The Morgan fingerprint density at radius 2 is 1.69 bits per heavy atom. The van der Waals surface area contributed by atoms with Crippen LogP contribution in [-0.2, 0) is 17.8 Å². The molecule has 162 valence electrons. The maximum absolute atomic E-state index is 14.3. The van der Waals surface area contributed by atoms with Crippen LogP contribution in [-0.4, -0.2) is 28.3 Å². The number of aromatic nitrogens is 2. The highest BCUT2D eigenvalue weighted by Gasteiger charge is 2.28. The fourth-order valence-corrected chi connectivity index (χ4v) is 4.30. The zero-order valence-corrected chi connectivity index (χ0v) is 17.1. The van der Waals surface area contributed by atoms with Crippen molar-refractivity contribution in [2.75, 3.05) is 6.54 Å². The zero-order valence-electron chi connectivity index (χ0n) is 17.1. The molecule has 1 fully saturated rings. The van der Waals surface area contributed by atoms with Crippen LogP contribution in [0.5, 0.6) is 0 Å². The van der Waals surface area contributed by atoms with E-state index in [-0.39, 0.29) is 35.7 Å². The third-order valence-corrected chi connectivity index (χ3v) is 5.93. The Balaban J connectivity index is 1.50. The van der Waals surface area contributed by atoms with Gasteiger partial charge in [0, 0.05) is 13.0 Å². The number of halogens is 2. The van der Waals surface area contributed by atoms with Crippen LogP contribution < -0.4 is 10.6 Å². The van der Waals surface area contributed by atoms with E-state index in [9.17, 15) is 18.4 Å². The summed E-state index contributed by atoms with van der Waals surface area (Å²) >= 11 is 0. The molecule has 0 unspecified atom stereocenters. The number of hydrogen-bond donors (Lipinski definition) is 2. The van der Waals surface area contributed by atoms with Gasteiger partial charge in [-0.25, -0.2) is 18.7 Å². The smallest absolute Gasteiger partial charge is 0.255 e. The SMILES string of the molecule is O=C1NCc2nc(-c3c(F)cccc3F)nc(Cc3ccc([C@@H]4CCCNC4=O)cc3)c21. The van der Waals surface area contributed by atoms with Crippen molar-refractivity contribution >= 4 is 11.8 Å². The largest absolute Gasteiger partial charge is 0.356 e. The van der Waals surface area contributed by atoms with Crippen LogP contribution in [0.4, 0.5) is 8.78 Å². The van der Waals surface area contributed by atoms with E-state index in [1.807, 2.05) is 24.3 Å². The minimum Gasteiger partial charge on any atom is -0.356 e. The first-order chi connectivity index (χ1) is 15.5. The second-order valence-corrected chi connectivity index (χ2v) is 8.00. The molecule has 0 saturated carbocycles. The van der Waals surface area contributed by atoms with Crippen LogP contribution in [0.2, 0.25) is 0 Å². The second kappa shape index (κ2) is 8.11. The van der Waals surface area contributed by atoms with E-state index in [1.165, 1.54) is 6.07 Å². The first-order valence-corrected chi connectivity index (χ1v) is 10.5. The Morgan fingerprint density at radius 3 is 2.41 bits per heavy atom. The summed E-state index contributed by atoms with van der Waals surface area (Å²) in [7, 11) is 0. The molecular weight excluding hydrogens is 414 g/mol. The highest BCUT2D eigenvalue weighted by atomic mass is 19.1. The average Bonchev–Trinajstić information content (AvgIpc) is 3.16. The molecular formula is C24H20F2N4O2. The number of nitrogens with one attached hydrogen (secondary N) is 2. The second-order valence-electron chi connectivity index (χ2n) is 8.00. The molecule has 1 atom stereocenters. The summed E-state index contributed by atoms with van der Waals surface area (Å²) in [6, 6.07) is 11.2. The summed E-state index contributed by atoms with van der Waals surface area (Å²) in [6.45, 7) is 0.891. The van der Waals surface area contributed by atoms with Gasteiger partial charge in [0.1, 0.15) is 11.6 Å². The molecule has 0 spiro atoms.